The van der Waals surface area contributed by atoms with Gasteiger partial charge in [0.1, 0.15) is 5.82 Å². The summed E-state index contributed by atoms with van der Waals surface area (Å²) in [7, 11) is 0. The molecule has 0 saturated carbocycles. The van der Waals surface area contributed by atoms with Gasteiger partial charge in [-0.25, -0.2) is 9.07 Å². The van der Waals surface area contributed by atoms with Crippen LogP contribution in [0.25, 0.3) is 5.69 Å². The summed E-state index contributed by atoms with van der Waals surface area (Å²) >= 11 is 5.78. The van der Waals surface area contributed by atoms with Crippen molar-refractivity contribution in [2.75, 3.05) is 24.5 Å². The first-order valence-corrected chi connectivity index (χ1v) is 11.4. The van der Waals surface area contributed by atoms with Gasteiger partial charge in [-0.2, -0.15) is 0 Å². The van der Waals surface area contributed by atoms with Gasteiger partial charge < -0.3 is 4.90 Å². The zero-order valence-corrected chi connectivity index (χ0v) is 18.9. The molecule has 1 aromatic heterocycles. The molecule has 4 rings (SSSR count). The van der Waals surface area contributed by atoms with Crippen LogP contribution in [-0.4, -0.2) is 51.5 Å². The number of benzene rings is 2. The van der Waals surface area contributed by atoms with Crippen LogP contribution in [-0.2, 0) is 11.2 Å². The van der Waals surface area contributed by atoms with E-state index in [2.05, 4.69) is 39.5 Å². The molecule has 8 heteroatoms. The fourth-order valence-electron chi connectivity index (χ4n) is 4.14. The van der Waals surface area contributed by atoms with Crippen molar-refractivity contribution >= 4 is 23.3 Å². The highest BCUT2D eigenvalue weighted by molar-refractivity contribution is 6.30. The minimum atomic E-state index is -0.523. The third kappa shape index (κ3) is 5.16. The molecule has 6 nitrogen and oxygen atoms in total. The van der Waals surface area contributed by atoms with E-state index in [0.717, 1.165) is 38.9 Å². The summed E-state index contributed by atoms with van der Waals surface area (Å²) < 4.78 is 15.3. The van der Waals surface area contributed by atoms with Crippen molar-refractivity contribution in [1.29, 1.82) is 0 Å². The van der Waals surface area contributed by atoms with Crippen LogP contribution >= 0.6 is 11.6 Å². The Balaban J connectivity index is 1.43. The third-order valence-electron chi connectivity index (χ3n) is 5.95. The van der Waals surface area contributed by atoms with E-state index in [1.54, 1.807) is 17.2 Å². The fourth-order valence-corrected chi connectivity index (χ4v) is 4.26. The average molecular weight is 456 g/mol. The number of rotatable bonds is 7. The Morgan fingerprint density at radius 3 is 2.62 bits per heavy atom. The zero-order chi connectivity index (χ0) is 22.5. The number of piperidine rings is 1. The monoisotopic (exact) mass is 455 g/mol. The van der Waals surface area contributed by atoms with Crippen molar-refractivity contribution in [1.82, 2.24) is 19.9 Å². The van der Waals surface area contributed by atoms with E-state index < -0.39 is 5.82 Å². The van der Waals surface area contributed by atoms with Crippen LogP contribution in [0, 0.1) is 5.82 Å². The second-order valence-corrected chi connectivity index (χ2v) is 8.45. The van der Waals surface area contributed by atoms with Gasteiger partial charge >= 0.3 is 0 Å². The van der Waals surface area contributed by atoms with Crippen LogP contribution in [0.5, 0.6) is 0 Å². The molecule has 0 bridgehead atoms. The largest absolute Gasteiger partial charge is 0.303 e. The normalized spacial score (nSPS) is 15.1. The number of hydrogen-bond donors (Lipinski definition) is 0. The third-order valence-corrected chi connectivity index (χ3v) is 6.26. The summed E-state index contributed by atoms with van der Waals surface area (Å²) in [6.45, 7) is 4.73. The number of hydrogen-bond acceptors (Lipinski definition) is 4. The molecule has 3 aromatic rings. The Morgan fingerprint density at radius 1 is 1.19 bits per heavy atom. The summed E-state index contributed by atoms with van der Waals surface area (Å²) in [6, 6.07) is 15.0. The predicted molar refractivity (Wildman–Crippen MR) is 124 cm³/mol. The first kappa shape index (κ1) is 22.4. The number of carbonyl (C=O) groups is 1. The Labute approximate surface area is 192 Å². The quantitative estimate of drug-likeness (QED) is 0.526. The molecular weight excluding hydrogens is 429 g/mol. The van der Waals surface area contributed by atoms with E-state index in [-0.39, 0.29) is 17.0 Å². The number of carbonyl (C=O) groups excluding carboxylic acids is 1. The molecule has 1 amide bonds. The van der Waals surface area contributed by atoms with Gasteiger partial charge in [0, 0.05) is 38.2 Å². The lowest BCUT2D eigenvalue weighted by atomic mass is 10.0. The molecule has 0 atom stereocenters. The standard InChI is InChI=1S/C24H27ClFN5O/c1-2-24(32)31(23-17-30(28-27-23)20-8-9-21(25)22(26)16-20)19-11-14-29(15-12-19)13-10-18-6-4-3-5-7-18/h3-9,16-17,19H,2,10-15H2,1H3. The Morgan fingerprint density at radius 2 is 1.94 bits per heavy atom. The molecule has 1 fully saturated rings. The van der Waals surface area contributed by atoms with Gasteiger partial charge in [-0.3, -0.25) is 9.69 Å². The SMILES string of the molecule is CCC(=O)N(c1cn(-c2ccc(Cl)c(F)c2)nn1)C1CCN(CCc2ccccc2)CC1. The molecular formula is C24H27ClFN5O. The maximum Gasteiger partial charge on any atom is 0.228 e. The Hall–Kier alpha value is -2.77. The highest BCUT2D eigenvalue weighted by Gasteiger charge is 2.30. The van der Waals surface area contributed by atoms with E-state index in [9.17, 15) is 9.18 Å². The summed E-state index contributed by atoms with van der Waals surface area (Å²) in [4.78, 5) is 17.0. The van der Waals surface area contributed by atoms with E-state index in [1.807, 2.05) is 13.0 Å². The minimum absolute atomic E-state index is 0.0158. The molecule has 0 spiro atoms. The summed E-state index contributed by atoms with van der Waals surface area (Å²) in [6.07, 6.45) is 4.84. The number of nitrogens with zero attached hydrogens (tertiary/aromatic N) is 5. The molecule has 0 N–H and O–H groups in total. The number of amides is 1. The lowest BCUT2D eigenvalue weighted by Gasteiger charge is -2.37. The maximum absolute atomic E-state index is 13.8. The lowest BCUT2D eigenvalue weighted by molar-refractivity contribution is -0.119. The number of likely N-dealkylation sites (tertiary alicyclic amines) is 1. The van der Waals surface area contributed by atoms with Crippen molar-refractivity contribution in [3.05, 3.63) is 71.1 Å². The molecule has 168 valence electrons. The smallest absolute Gasteiger partial charge is 0.228 e. The lowest BCUT2D eigenvalue weighted by Crippen LogP contribution is -2.48. The van der Waals surface area contributed by atoms with E-state index in [0.29, 0.717) is 17.9 Å². The Bertz CT molecular complexity index is 1050. The van der Waals surface area contributed by atoms with Gasteiger partial charge in [0.15, 0.2) is 5.82 Å². The molecule has 0 aliphatic carbocycles. The predicted octanol–water partition coefficient (Wildman–Crippen LogP) is 4.51. The van der Waals surface area contributed by atoms with Crippen LogP contribution in [0.15, 0.2) is 54.7 Å². The van der Waals surface area contributed by atoms with Gasteiger partial charge in [0.2, 0.25) is 5.91 Å². The van der Waals surface area contributed by atoms with E-state index in [4.69, 9.17) is 11.6 Å². The molecule has 2 aromatic carbocycles. The molecule has 1 aliphatic heterocycles. The molecule has 0 unspecified atom stereocenters. The Kier molecular flexibility index (Phi) is 7.17. The number of anilines is 1. The topological polar surface area (TPSA) is 54.3 Å². The van der Waals surface area contributed by atoms with Crippen LogP contribution in [0.1, 0.15) is 31.7 Å². The summed E-state index contributed by atoms with van der Waals surface area (Å²) in [5, 5.41) is 8.41. The maximum atomic E-state index is 13.8. The van der Waals surface area contributed by atoms with Crippen LogP contribution in [0.3, 0.4) is 0 Å². The van der Waals surface area contributed by atoms with Crippen molar-refractivity contribution in [3.8, 4) is 5.69 Å². The van der Waals surface area contributed by atoms with Gasteiger partial charge in [-0.15, -0.1) is 5.10 Å². The first-order chi connectivity index (χ1) is 15.5. The van der Waals surface area contributed by atoms with Gasteiger partial charge in [0.25, 0.3) is 0 Å². The van der Waals surface area contributed by atoms with Gasteiger partial charge in [-0.1, -0.05) is 54.1 Å². The average Bonchev–Trinajstić information content (AvgIpc) is 3.30. The summed E-state index contributed by atoms with van der Waals surface area (Å²) in [5.74, 6) is -0.0115. The minimum Gasteiger partial charge on any atom is -0.303 e. The molecule has 32 heavy (non-hydrogen) atoms. The first-order valence-electron chi connectivity index (χ1n) is 11.0. The van der Waals surface area contributed by atoms with Gasteiger partial charge in [0.05, 0.1) is 16.9 Å². The number of aromatic nitrogens is 3. The van der Waals surface area contributed by atoms with Crippen LogP contribution in [0.2, 0.25) is 5.02 Å². The van der Waals surface area contributed by atoms with Gasteiger partial charge in [-0.05, 0) is 37.0 Å². The molecule has 1 aliphatic rings. The second kappa shape index (κ2) is 10.2. The van der Waals surface area contributed by atoms with Crippen molar-refractivity contribution < 1.29 is 9.18 Å². The van der Waals surface area contributed by atoms with Crippen molar-refractivity contribution in [2.45, 2.75) is 38.6 Å². The molecule has 1 saturated heterocycles. The zero-order valence-electron chi connectivity index (χ0n) is 18.1. The number of halogens is 2. The molecule has 2 heterocycles. The summed E-state index contributed by atoms with van der Waals surface area (Å²) in [5.41, 5.74) is 1.85. The highest BCUT2D eigenvalue weighted by Crippen LogP contribution is 2.25. The van der Waals surface area contributed by atoms with Crippen molar-refractivity contribution in [3.63, 3.8) is 0 Å². The molecule has 0 radical (unpaired) electrons. The van der Waals surface area contributed by atoms with Crippen LogP contribution < -0.4 is 4.90 Å². The van der Waals surface area contributed by atoms with E-state index in [1.165, 1.54) is 22.4 Å². The van der Waals surface area contributed by atoms with Crippen LogP contribution in [0.4, 0.5) is 10.2 Å². The highest BCUT2D eigenvalue weighted by atomic mass is 35.5. The van der Waals surface area contributed by atoms with E-state index >= 15 is 0 Å². The second-order valence-electron chi connectivity index (χ2n) is 8.05. The fraction of sp³-hybridized carbons (Fsp3) is 0.375. The van der Waals surface area contributed by atoms with Crippen molar-refractivity contribution in [2.24, 2.45) is 0 Å².